The van der Waals surface area contributed by atoms with Crippen LogP contribution in [0.5, 0.6) is 0 Å². The minimum atomic E-state index is -0.607. The van der Waals surface area contributed by atoms with Crippen LogP contribution in [0.2, 0.25) is 0 Å². The van der Waals surface area contributed by atoms with E-state index in [-0.39, 0.29) is 5.54 Å². The molecule has 1 heterocycles. The van der Waals surface area contributed by atoms with E-state index in [0.717, 1.165) is 37.8 Å². The molecule has 0 aromatic rings. The van der Waals surface area contributed by atoms with Gasteiger partial charge in [-0.05, 0) is 57.0 Å². The average Bonchev–Trinajstić information content (AvgIpc) is 2.66. The fourth-order valence-electron chi connectivity index (χ4n) is 4.72. The summed E-state index contributed by atoms with van der Waals surface area (Å²) in [7, 11) is 0. The van der Waals surface area contributed by atoms with E-state index in [1.165, 1.54) is 44.9 Å². The number of carboxylic acids is 1. The maximum atomic E-state index is 11.5. The van der Waals surface area contributed by atoms with Crippen molar-refractivity contribution in [2.24, 2.45) is 11.8 Å². The topological polar surface area (TPSA) is 40.5 Å². The summed E-state index contributed by atoms with van der Waals surface area (Å²) in [5.41, 5.74) is -0.0476. The van der Waals surface area contributed by atoms with Gasteiger partial charge >= 0.3 is 5.97 Å². The van der Waals surface area contributed by atoms with Gasteiger partial charge in [0.1, 0.15) is 0 Å². The summed E-state index contributed by atoms with van der Waals surface area (Å²) in [6.45, 7) is 6.81. The maximum Gasteiger partial charge on any atom is 0.305 e. The Bertz CT molecular complexity index is 334. The average molecular weight is 295 g/mol. The summed E-state index contributed by atoms with van der Waals surface area (Å²) in [5.74, 6) is 0.838. The highest BCUT2D eigenvalue weighted by molar-refractivity contribution is 5.68. The molecule has 3 heteroatoms. The summed E-state index contributed by atoms with van der Waals surface area (Å²) in [6, 6.07) is 0. The number of likely N-dealkylation sites (tertiary alicyclic amines) is 1. The molecule has 1 saturated heterocycles. The lowest BCUT2D eigenvalue weighted by atomic mass is 9.70. The third-order valence-electron chi connectivity index (χ3n) is 5.49. The second-order valence-electron chi connectivity index (χ2n) is 7.79. The Kier molecular flexibility index (Phi) is 6.09. The first-order valence-corrected chi connectivity index (χ1v) is 8.99. The number of rotatable bonds is 5. The van der Waals surface area contributed by atoms with E-state index in [9.17, 15) is 9.90 Å². The lowest BCUT2D eigenvalue weighted by molar-refractivity contribution is -0.142. The maximum absolute atomic E-state index is 11.5. The molecule has 0 radical (unpaired) electrons. The first-order valence-electron chi connectivity index (χ1n) is 8.99. The molecule has 0 aromatic carbocycles. The van der Waals surface area contributed by atoms with E-state index >= 15 is 0 Å². The Balaban J connectivity index is 2.12. The normalized spacial score (nSPS) is 32.0. The van der Waals surface area contributed by atoms with Gasteiger partial charge in [0, 0.05) is 5.54 Å². The van der Waals surface area contributed by atoms with Crippen LogP contribution in [0, 0.1) is 11.8 Å². The van der Waals surface area contributed by atoms with Crippen molar-refractivity contribution in [3.8, 4) is 0 Å². The number of hydrogen-bond donors (Lipinski definition) is 1. The van der Waals surface area contributed by atoms with Gasteiger partial charge in [0.05, 0.1) is 6.42 Å². The Morgan fingerprint density at radius 3 is 2.43 bits per heavy atom. The van der Waals surface area contributed by atoms with Crippen LogP contribution < -0.4 is 0 Å². The first-order chi connectivity index (χ1) is 10.0. The highest BCUT2D eigenvalue weighted by Gasteiger charge is 2.42. The standard InChI is InChI=1S/C18H33NO2/c1-15(2)12-16-8-7-9-18(13-16,14-17(20)21)19-10-5-3-4-6-11-19/h15-16H,3-14H2,1-2H3,(H,20,21). The Hall–Kier alpha value is -0.570. The summed E-state index contributed by atoms with van der Waals surface area (Å²) in [4.78, 5) is 14.1. The quantitative estimate of drug-likeness (QED) is 0.821. The molecule has 3 nitrogen and oxygen atoms in total. The van der Waals surface area contributed by atoms with Gasteiger partial charge in [-0.25, -0.2) is 0 Å². The molecule has 2 unspecified atom stereocenters. The van der Waals surface area contributed by atoms with Crippen molar-refractivity contribution in [3.05, 3.63) is 0 Å². The van der Waals surface area contributed by atoms with E-state index < -0.39 is 5.97 Å². The fraction of sp³-hybridized carbons (Fsp3) is 0.944. The van der Waals surface area contributed by atoms with Crippen LogP contribution >= 0.6 is 0 Å². The minimum absolute atomic E-state index is 0.0476. The van der Waals surface area contributed by atoms with Crippen LogP contribution in [0.1, 0.15) is 78.1 Å². The van der Waals surface area contributed by atoms with Gasteiger partial charge in [-0.15, -0.1) is 0 Å². The van der Waals surface area contributed by atoms with Crippen molar-refractivity contribution in [3.63, 3.8) is 0 Å². The minimum Gasteiger partial charge on any atom is -0.481 e. The van der Waals surface area contributed by atoms with Gasteiger partial charge in [0.15, 0.2) is 0 Å². The fourth-order valence-corrected chi connectivity index (χ4v) is 4.72. The van der Waals surface area contributed by atoms with Crippen molar-refractivity contribution in [2.75, 3.05) is 13.1 Å². The highest BCUT2D eigenvalue weighted by atomic mass is 16.4. The van der Waals surface area contributed by atoms with Gasteiger partial charge in [-0.3, -0.25) is 9.69 Å². The first kappa shape index (κ1) is 16.8. The van der Waals surface area contributed by atoms with E-state index in [0.29, 0.717) is 6.42 Å². The molecule has 1 saturated carbocycles. The SMILES string of the molecule is CC(C)CC1CCCC(CC(=O)O)(N2CCCCCC2)C1. The lowest BCUT2D eigenvalue weighted by Crippen LogP contribution is -2.53. The van der Waals surface area contributed by atoms with Gasteiger partial charge in [-0.2, -0.15) is 0 Å². The van der Waals surface area contributed by atoms with Crippen LogP contribution in [-0.2, 0) is 4.79 Å². The molecule has 122 valence electrons. The number of carboxylic acid groups (broad SMARTS) is 1. The number of aliphatic carboxylic acids is 1. The third kappa shape index (κ3) is 4.70. The van der Waals surface area contributed by atoms with Gasteiger partial charge < -0.3 is 5.11 Å². The smallest absolute Gasteiger partial charge is 0.305 e. The molecule has 1 N–H and O–H groups in total. The monoisotopic (exact) mass is 295 g/mol. The van der Waals surface area contributed by atoms with Gasteiger partial charge in [0.2, 0.25) is 0 Å². The molecule has 0 aromatic heterocycles. The number of hydrogen-bond acceptors (Lipinski definition) is 2. The lowest BCUT2D eigenvalue weighted by Gasteiger charge is -2.48. The zero-order valence-electron chi connectivity index (χ0n) is 13.9. The highest BCUT2D eigenvalue weighted by Crippen LogP contribution is 2.42. The molecule has 1 aliphatic carbocycles. The molecule has 0 spiro atoms. The summed E-state index contributed by atoms with van der Waals surface area (Å²) in [6.07, 6.45) is 11.4. The predicted molar refractivity (Wildman–Crippen MR) is 86.4 cm³/mol. The molecule has 1 aliphatic heterocycles. The molecule has 2 atom stereocenters. The van der Waals surface area contributed by atoms with Crippen molar-refractivity contribution >= 4 is 5.97 Å². The van der Waals surface area contributed by atoms with Crippen molar-refractivity contribution < 1.29 is 9.90 Å². The second kappa shape index (κ2) is 7.62. The van der Waals surface area contributed by atoms with Crippen molar-refractivity contribution in [1.29, 1.82) is 0 Å². The van der Waals surface area contributed by atoms with E-state index in [2.05, 4.69) is 18.7 Å². The Morgan fingerprint density at radius 2 is 1.86 bits per heavy atom. The molecule has 2 rings (SSSR count). The third-order valence-corrected chi connectivity index (χ3v) is 5.49. The molecule has 21 heavy (non-hydrogen) atoms. The molecule has 0 bridgehead atoms. The number of carbonyl (C=O) groups is 1. The predicted octanol–water partition coefficient (Wildman–Crippen LogP) is 4.31. The molecular formula is C18H33NO2. The molecule has 2 fully saturated rings. The Morgan fingerprint density at radius 1 is 1.19 bits per heavy atom. The van der Waals surface area contributed by atoms with Crippen LogP contribution in [0.15, 0.2) is 0 Å². The van der Waals surface area contributed by atoms with Crippen LogP contribution in [0.4, 0.5) is 0 Å². The summed E-state index contributed by atoms with van der Waals surface area (Å²) < 4.78 is 0. The van der Waals surface area contributed by atoms with E-state index in [4.69, 9.17) is 0 Å². The van der Waals surface area contributed by atoms with Crippen LogP contribution in [-0.4, -0.2) is 34.6 Å². The zero-order chi connectivity index (χ0) is 15.3. The Labute approximate surface area is 130 Å². The van der Waals surface area contributed by atoms with Gasteiger partial charge in [-0.1, -0.05) is 39.5 Å². The van der Waals surface area contributed by atoms with E-state index in [1.807, 2.05) is 0 Å². The molecular weight excluding hydrogens is 262 g/mol. The molecule has 0 amide bonds. The molecule has 2 aliphatic rings. The largest absolute Gasteiger partial charge is 0.481 e. The van der Waals surface area contributed by atoms with Crippen LogP contribution in [0.25, 0.3) is 0 Å². The second-order valence-corrected chi connectivity index (χ2v) is 7.79. The van der Waals surface area contributed by atoms with E-state index in [1.54, 1.807) is 0 Å². The van der Waals surface area contributed by atoms with Crippen LogP contribution in [0.3, 0.4) is 0 Å². The summed E-state index contributed by atoms with van der Waals surface area (Å²) >= 11 is 0. The number of nitrogens with zero attached hydrogens (tertiary/aromatic N) is 1. The summed E-state index contributed by atoms with van der Waals surface area (Å²) in [5, 5.41) is 9.47. The van der Waals surface area contributed by atoms with Gasteiger partial charge in [0.25, 0.3) is 0 Å². The van der Waals surface area contributed by atoms with Crippen molar-refractivity contribution in [1.82, 2.24) is 4.90 Å². The zero-order valence-corrected chi connectivity index (χ0v) is 13.9. The van der Waals surface area contributed by atoms with Crippen molar-refractivity contribution in [2.45, 2.75) is 83.6 Å².